The largest absolute Gasteiger partial charge is 0.459 e. The molecule has 0 amide bonds. The summed E-state index contributed by atoms with van der Waals surface area (Å²) in [6.07, 6.45) is 87.7. The smallest absolute Gasteiger partial charge is 0.333 e. The summed E-state index contributed by atoms with van der Waals surface area (Å²) < 4.78 is 52.2. The lowest BCUT2D eigenvalue weighted by Gasteiger charge is -2.47. The zero-order valence-electron chi connectivity index (χ0n) is 101. The van der Waals surface area contributed by atoms with Crippen LogP contribution in [0.1, 0.15) is 651 Å². The van der Waals surface area contributed by atoms with E-state index in [-0.39, 0.29) is 47.2 Å². The number of esters is 5. The van der Waals surface area contributed by atoms with Crippen LogP contribution < -0.4 is 0 Å². The molecule has 2 saturated heterocycles. The van der Waals surface area contributed by atoms with Crippen LogP contribution >= 0.6 is 0 Å². The van der Waals surface area contributed by atoms with Crippen molar-refractivity contribution in [2.24, 2.45) is 53.3 Å². The van der Waals surface area contributed by atoms with Gasteiger partial charge in [-0.1, -0.05) is 603 Å². The van der Waals surface area contributed by atoms with Crippen LogP contribution in [-0.4, -0.2) is 131 Å². The minimum Gasteiger partial charge on any atom is -0.459 e. The van der Waals surface area contributed by atoms with Crippen LogP contribution in [0.3, 0.4) is 0 Å². The molecular weight excluding hydrogens is 1870 g/mol. The first-order valence-corrected chi connectivity index (χ1v) is 65.3. The van der Waals surface area contributed by atoms with Crippen molar-refractivity contribution >= 4 is 29.8 Å². The lowest BCUT2D eigenvalue weighted by Crippen LogP contribution is -2.66. The maximum absolute atomic E-state index is 15.2. The number of carbonyl (C=O) groups is 5. The van der Waals surface area contributed by atoms with Crippen LogP contribution in [0.15, 0.2) is 34.9 Å². The first-order valence-electron chi connectivity index (χ1n) is 65.3. The Morgan fingerprint density at radius 2 is 0.527 bits per heavy atom. The van der Waals surface area contributed by atoms with E-state index in [2.05, 4.69) is 83.1 Å². The van der Waals surface area contributed by atoms with Crippen LogP contribution in [0, 0.1) is 53.3 Å². The van der Waals surface area contributed by atoms with E-state index in [0.717, 1.165) is 109 Å². The number of allylic oxidation sites excluding steroid dienone is 3. The average Bonchev–Trinajstić information content (AvgIpc) is 0.767. The van der Waals surface area contributed by atoms with Gasteiger partial charge in [0.05, 0.1) is 18.6 Å². The van der Waals surface area contributed by atoms with Crippen molar-refractivity contribution in [1.82, 2.24) is 0 Å². The van der Waals surface area contributed by atoms with E-state index in [1.165, 1.54) is 405 Å². The maximum atomic E-state index is 15.2. The number of ether oxygens (including phenoxy) is 8. The Kier molecular flexibility index (Phi) is 92.4. The van der Waals surface area contributed by atoms with Gasteiger partial charge < -0.3 is 58.3 Å². The van der Waals surface area contributed by atoms with Gasteiger partial charge >= 0.3 is 29.8 Å². The van der Waals surface area contributed by atoms with Gasteiger partial charge in [-0.25, -0.2) is 14.4 Å². The summed E-state index contributed by atoms with van der Waals surface area (Å²) in [6, 6.07) is 0. The number of rotatable bonds is 105. The Hall–Kier alpha value is -3.71. The third-order valence-electron chi connectivity index (χ3n) is 33.1. The van der Waals surface area contributed by atoms with Gasteiger partial charge in [0.1, 0.15) is 31.0 Å². The van der Waals surface area contributed by atoms with Crippen molar-refractivity contribution in [2.45, 2.75) is 718 Å². The van der Waals surface area contributed by atoms with Crippen molar-refractivity contribution in [3.05, 3.63) is 34.9 Å². The Bertz CT molecular complexity index is 3220. The summed E-state index contributed by atoms with van der Waals surface area (Å²) in [5, 5.41) is 49.9. The normalized spacial score (nSPS) is 20.4. The zero-order chi connectivity index (χ0) is 110. The fourth-order valence-corrected chi connectivity index (χ4v) is 23.5. The third kappa shape index (κ3) is 74.6. The number of aliphatic hydroxyl groups excluding tert-OH is 4. The summed E-state index contributed by atoms with van der Waals surface area (Å²) in [7, 11) is 0. The topological polar surface area (TPSA) is 240 Å². The molecule has 20 atom stereocenters. The summed E-state index contributed by atoms with van der Waals surface area (Å²) in [4.78, 5) is 74.3. The highest BCUT2D eigenvalue weighted by Gasteiger charge is 2.56. The molecule has 0 aromatic rings. The van der Waals surface area contributed by atoms with Gasteiger partial charge in [0.2, 0.25) is 12.6 Å². The maximum Gasteiger partial charge on any atom is 0.333 e. The number of hydrogen-bond acceptors (Lipinski definition) is 17. The lowest BCUT2D eigenvalue weighted by atomic mass is 9.85. The van der Waals surface area contributed by atoms with Crippen molar-refractivity contribution in [2.75, 3.05) is 13.2 Å². The van der Waals surface area contributed by atoms with Crippen LogP contribution in [-0.2, 0) is 61.9 Å². The number of hydrogen-bond donors (Lipinski definition) is 4. The molecule has 0 radical (unpaired) electrons. The first-order chi connectivity index (χ1) is 72.7. The summed E-state index contributed by atoms with van der Waals surface area (Å²) in [5.74, 6) is -4.08. The second-order valence-electron chi connectivity index (χ2n) is 49.0. The summed E-state index contributed by atoms with van der Waals surface area (Å²) in [5.41, 5.74) is 0.877. The van der Waals surface area contributed by atoms with Crippen LogP contribution in [0.5, 0.6) is 0 Å². The predicted molar refractivity (Wildman–Crippen MR) is 629 cm³/mol. The third-order valence-corrected chi connectivity index (χ3v) is 33.1. The second kappa shape index (κ2) is 97.3. The molecule has 0 saturated carbocycles. The molecule has 17 heteroatoms. The molecule has 150 heavy (non-hydrogen) atoms. The van der Waals surface area contributed by atoms with Crippen molar-refractivity contribution < 1.29 is 82.3 Å². The molecule has 2 aliphatic heterocycles. The molecule has 2 aliphatic rings. The quantitative estimate of drug-likeness (QED) is 0.0192. The molecule has 0 aromatic heterocycles. The molecule has 2 rings (SSSR count). The molecular formula is C133H248O17. The van der Waals surface area contributed by atoms with Gasteiger partial charge in [-0.3, -0.25) is 9.59 Å². The van der Waals surface area contributed by atoms with Gasteiger partial charge in [0, 0.05) is 23.1 Å². The van der Waals surface area contributed by atoms with Gasteiger partial charge in [-0.2, -0.15) is 0 Å². The Morgan fingerprint density at radius 3 is 0.813 bits per heavy atom. The van der Waals surface area contributed by atoms with Gasteiger partial charge in [0.15, 0.2) is 24.4 Å². The number of unbranched alkanes of at least 4 members (excludes halogenated alkanes) is 69. The molecule has 0 spiro atoms. The van der Waals surface area contributed by atoms with Crippen LogP contribution in [0.25, 0.3) is 0 Å². The first kappa shape index (κ1) is 142. The lowest BCUT2D eigenvalue weighted by molar-refractivity contribution is -0.377. The summed E-state index contributed by atoms with van der Waals surface area (Å²) >= 11 is 0. The summed E-state index contributed by atoms with van der Waals surface area (Å²) in [6.45, 7) is 33.7. The van der Waals surface area contributed by atoms with Crippen molar-refractivity contribution in [3.8, 4) is 0 Å². The standard InChI is InChI=1S/C133H248O17/c1-18-23-28-33-38-43-48-53-57-59-61-65-69-74-79-83-88-93-107(7)98-111(11)102-115(15)129(140)147-124-118(104-134)144-132(126(123(124)138)149-131(142)117(17)121(136)113(13)100-109(9)95-90-85-80-75-70-66-60-58-54-49-44-39-34-29-24-19-2)150-133-127(146-120(135)96-91-86-81-76-71-62-52-47-42-37-32-27-22-5)125(148-130(141)116(16)103-112(12)99-108(8)94-89-84-78-73-68-64-56-51-46-41-36-31-26-21-4)122(137)119(145-133)105-143-128(139)114(14)101-110(10)97-106(6)92-87-82-77-72-67-63-55-50-45-40-35-30-25-20-3/h101-103,106-113,117-119,121-127,132-134,136-138H,18-100,104-105H2,1-17H3/b114-101+,115-102+,116-103+/t106-,107-,108-,109-,110-,111-,112-,113-,117-,118?,119?,121-,122+,123?,124+,125?,126-,127+,132+,133+/m0/s1. The van der Waals surface area contributed by atoms with Crippen molar-refractivity contribution in [1.29, 1.82) is 0 Å². The molecule has 4 N–H and O–H groups in total. The molecule has 0 aliphatic carbocycles. The van der Waals surface area contributed by atoms with Gasteiger partial charge in [-0.05, 0) is 107 Å². The molecule has 4 unspecified atom stereocenters. The molecule has 2 heterocycles. The van der Waals surface area contributed by atoms with E-state index < -0.39 is 116 Å². The van der Waals surface area contributed by atoms with E-state index >= 15 is 9.59 Å². The highest BCUT2D eigenvalue weighted by molar-refractivity contribution is 5.89. The molecule has 882 valence electrons. The zero-order valence-corrected chi connectivity index (χ0v) is 101. The fraction of sp³-hybridized carbons (Fsp3) is 0.917. The predicted octanol–water partition coefficient (Wildman–Crippen LogP) is 37.8. The van der Waals surface area contributed by atoms with E-state index in [9.17, 15) is 34.8 Å². The van der Waals surface area contributed by atoms with Crippen LogP contribution in [0.4, 0.5) is 0 Å². The van der Waals surface area contributed by atoms with E-state index in [1.807, 2.05) is 25.2 Å². The Labute approximate surface area is 926 Å². The van der Waals surface area contributed by atoms with Gasteiger partial charge in [0.25, 0.3) is 0 Å². The minimum absolute atomic E-state index is 0.0221. The number of carbonyl (C=O) groups excluding carboxylic acids is 5. The monoisotopic (exact) mass is 2120 g/mol. The second-order valence-corrected chi connectivity index (χ2v) is 49.0. The Morgan fingerprint density at radius 1 is 0.280 bits per heavy atom. The Balaban J connectivity index is 2.70. The van der Waals surface area contributed by atoms with Crippen LogP contribution in [0.2, 0.25) is 0 Å². The molecule has 17 nitrogen and oxygen atoms in total. The van der Waals surface area contributed by atoms with Crippen molar-refractivity contribution in [3.63, 3.8) is 0 Å². The van der Waals surface area contributed by atoms with E-state index in [1.54, 1.807) is 27.7 Å². The average molecular weight is 2120 g/mol. The number of aliphatic hydroxyl groups is 4. The fourth-order valence-electron chi connectivity index (χ4n) is 23.5. The highest BCUT2D eigenvalue weighted by Crippen LogP contribution is 2.38. The highest BCUT2D eigenvalue weighted by atomic mass is 16.8. The molecule has 0 bridgehead atoms. The van der Waals surface area contributed by atoms with E-state index in [0.29, 0.717) is 36.2 Å². The minimum atomic E-state index is -1.98. The molecule has 0 aromatic carbocycles. The van der Waals surface area contributed by atoms with Gasteiger partial charge in [-0.15, -0.1) is 0 Å². The molecule has 2 fully saturated rings. The SMILES string of the molecule is CCCCCCCCCCCCCCCCCCC[C@H](C)C[C@H](C)/C=C(\C)C(=O)O[C@@H]1C(CO)O[C@H](O[C@H]2OC(COC(=O)/C(C)=C/[C@@H](C)C[C@@H](C)CCCCCCCCCCCCCCCC)[C@@H](O)C(OC(=O)/C(C)=C/[C@@H](C)C[C@@H](C)CCCCCCCCCCCCCCCC)[C@H]2OC(=O)CCCCCCCCCCCCCCC)[C@@H](OC(=O)[C@@H](C)[C@@H](O)[C@@H](C)C[C@@H](C)CCCCCCCCCCCCCCCCCC)C1O. The van der Waals surface area contributed by atoms with E-state index in [4.69, 9.17) is 37.9 Å².